The molecule has 2 fully saturated rings. The standard InChI is InChI=1S/C16H30N2O3/c1-17-12-14(21-3)9-13(17)11-18(2)15(19)10-16(20)7-5-4-6-8-16/h13-14,20H,4-12H2,1-3H3/t13-,14-/m0/s1. The van der Waals surface area contributed by atoms with E-state index in [1.54, 1.807) is 12.0 Å². The Balaban J connectivity index is 1.82. The van der Waals surface area contributed by atoms with Crippen LogP contribution in [0.4, 0.5) is 0 Å². The van der Waals surface area contributed by atoms with Crippen molar-refractivity contribution < 1.29 is 14.6 Å². The van der Waals surface area contributed by atoms with Gasteiger partial charge in [-0.05, 0) is 26.3 Å². The summed E-state index contributed by atoms with van der Waals surface area (Å²) in [6.45, 7) is 1.64. The van der Waals surface area contributed by atoms with E-state index in [-0.39, 0.29) is 18.4 Å². The average molecular weight is 298 g/mol. The van der Waals surface area contributed by atoms with Gasteiger partial charge in [0.05, 0.1) is 18.1 Å². The molecule has 0 unspecified atom stereocenters. The van der Waals surface area contributed by atoms with E-state index in [1.807, 2.05) is 7.05 Å². The van der Waals surface area contributed by atoms with Crippen molar-refractivity contribution in [3.05, 3.63) is 0 Å². The van der Waals surface area contributed by atoms with E-state index >= 15 is 0 Å². The predicted molar refractivity (Wildman–Crippen MR) is 82.1 cm³/mol. The Morgan fingerprint density at radius 2 is 2.05 bits per heavy atom. The zero-order valence-electron chi connectivity index (χ0n) is 13.7. The molecule has 2 atom stereocenters. The highest BCUT2D eigenvalue weighted by atomic mass is 16.5. The Bertz CT molecular complexity index is 355. The van der Waals surface area contributed by atoms with Crippen molar-refractivity contribution in [3.63, 3.8) is 0 Å². The Morgan fingerprint density at radius 3 is 2.62 bits per heavy atom. The molecule has 1 aliphatic carbocycles. The van der Waals surface area contributed by atoms with Crippen LogP contribution in [-0.4, -0.2) is 72.9 Å². The molecule has 1 heterocycles. The van der Waals surface area contributed by atoms with Crippen LogP contribution in [0.3, 0.4) is 0 Å². The van der Waals surface area contributed by atoms with Gasteiger partial charge in [0.25, 0.3) is 0 Å². The van der Waals surface area contributed by atoms with Crippen LogP contribution >= 0.6 is 0 Å². The molecule has 2 aliphatic rings. The monoisotopic (exact) mass is 298 g/mol. The molecular weight excluding hydrogens is 268 g/mol. The van der Waals surface area contributed by atoms with Gasteiger partial charge in [-0.1, -0.05) is 19.3 Å². The summed E-state index contributed by atoms with van der Waals surface area (Å²) in [7, 11) is 5.67. The first-order valence-electron chi connectivity index (χ1n) is 8.13. The number of methoxy groups -OCH3 is 1. The van der Waals surface area contributed by atoms with Crippen molar-refractivity contribution in [1.29, 1.82) is 0 Å². The summed E-state index contributed by atoms with van der Waals surface area (Å²) in [5.41, 5.74) is -0.764. The predicted octanol–water partition coefficient (Wildman–Crippen LogP) is 1.25. The van der Waals surface area contributed by atoms with Crippen LogP contribution in [0.5, 0.6) is 0 Å². The topological polar surface area (TPSA) is 53.0 Å². The SMILES string of the molecule is CO[C@H]1C[C@@H](CN(C)C(=O)CC2(O)CCCCC2)N(C)C1. The third kappa shape index (κ3) is 4.41. The molecule has 21 heavy (non-hydrogen) atoms. The van der Waals surface area contributed by atoms with Crippen LogP contribution in [0.15, 0.2) is 0 Å². The molecule has 0 aromatic rings. The summed E-state index contributed by atoms with van der Waals surface area (Å²) in [4.78, 5) is 16.4. The first-order valence-corrected chi connectivity index (χ1v) is 8.13. The third-order valence-electron chi connectivity index (χ3n) is 5.16. The molecule has 5 heteroatoms. The number of ether oxygens (including phenoxy) is 1. The minimum absolute atomic E-state index is 0.0636. The Hall–Kier alpha value is -0.650. The molecule has 0 aromatic heterocycles. The number of hydrogen-bond donors (Lipinski definition) is 1. The number of amides is 1. The van der Waals surface area contributed by atoms with Crippen molar-refractivity contribution in [2.75, 3.05) is 34.3 Å². The molecule has 1 amide bonds. The van der Waals surface area contributed by atoms with Gasteiger partial charge in [-0.15, -0.1) is 0 Å². The number of carbonyl (C=O) groups is 1. The highest BCUT2D eigenvalue weighted by Crippen LogP contribution is 2.31. The molecule has 2 rings (SSSR count). The normalized spacial score (nSPS) is 29.5. The zero-order chi connectivity index (χ0) is 15.5. The van der Waals surface area contributed by atoms with Crippen LogP contribution in [0.25, 0.3) is 0 Å². The first kappa shape index (κ1) is 16.7. The number of hydrogen-bond acceptors (Lipinski definition) is 4. The van der Waals surface area contributed by atoms with E-state index in [9.17, 15) is 9.90 Å². The molecule has 0 radical (unpaired) electrons. The van der Waals surface area contributed by atoms with Crippen molar-refractivity contribution in [3.8, 4) is 0 Å². The zero-order valence-corrected chi connectivity index (χ0v) is 13.7. The highest BCUT2D eigenvalue weighted by Gasteiger charge is 2.35. The lowest BCUT2D eigenvalue weighted by Gasteiger charge is -2.33. The van der Waals surface area contributed by atoms with Crippen LogP contribution in [0.1, 0.15) is 44.9 Å². The molecule has 122 valence electrons. The van der Waals surface area contributed by atoms with Gasteiger partial charge in [-0.3, -0.25) is 9.69 Å². The lowest BCUT2D eigenvalue weighted by molar-refractivity contribution is -0.137. The van der Waals surface area contributed by atoms with Crippen LogP contribution in [-0.2, 0) is 9.53 Å². The van der Waals surface area contributed by atoms with E-state index < -0.39 is 5.60 Å². The van der Waals surface area contributed by atoms with Crippen LogP contribution in [0, 0.1) is 0 Å². The van der Waals surface area contributed by atoms with Gasteiger partial charge < -0.3 is 14.7 Å². The minimum Gasteiger partial charge on any atom is -0.389 e. The summed E-state index contributed by atoms with van der Waals surface area (Å²) in [6.07, 6.45) is 6.29. The second-order valence-corrected chi connectivity index (χ2v) is 6.92. The van der Waals surface area contributed by atoms with Crippen LogP contribution in [0.2, 0.25) is 0 Å². The smallest absolute Gasteiger partial charge is 0.225 e. The van der Waals surface area contributed by atoms with Gasteiger partial charge in [0, 0.05) is 33.3 Å². The van der Waals surface area contributed by atoms with Gasteiger partial charge >= 0.3 is 0 Å². The van der Waals surface area contributed by atoms with Crippen molar-refractivity contribution in [1.82, 2.24) is 9.80 Å². The fourth-order valence-corrected chi connectivity index (χ4v) is 3.63. The van der Waals surface area contributed by atoms with E-state index in [4.69, 9.17) is 4.74 Å². The molecular formula is C16H30N2O3. The Labute approximate surface area is 128 Å². The molecule has 0 aromatic carbocycles. The average Bonchev–Trinajstić information content (AvgIpc) is 2.79. The van der Waals surface area contributed by atoms with E-state index in [0.717, 1.165) is 38.6 Å². The van der Waals surface area contributed by atoms with Gasteiger partial charge in [0.2, 0.25) is 5.91 Å². The van der Waals surface area contributed by atoms with Gasteiger partial charge in [0.15, 0.2) is 0 Å². The van der Waals surface area contributed by atoms with Gasteiger partial charge in [0.1, 0.15) is 0 Å². The fourth-order valence-electron chi connectivity index (χ4n) is 3.63. The molecule has 1 aliphatic heterocycles. The lowest BCUT2D eigenvalue weighted by atomic mass is 9.82. The summed E-state index contributed by atoms with van der Waals surface area (Å²) >= 11 is 0. The number of rotatable bonds is 5. The number of likely N-dealkylation sites (N-methyl/N-ethyl adjacent to an activating group) is 2. The van der Waals surface area contributed by atoms with Gasteiger partial charge in [-0.2, -0.15) is 0 Å². The summed E-state index contributed by atoms with van der Waals surface area (Å²) < 4.78 is 5.41. The molecule has 1 saturated carbocycles. The van der Waals surface area contributed by atoms with Crippen molar-refractivity contribution >= 4 is 5.91 Å². The quantitative estimate of drug-likeness (QED) is 0.830. The summed E-state index contributed by atoms with van der Waals surface area (Å²) in [5.74, 6) is 0.0636. The second-order valence-electron chi connectivity index (χ2n) is 6.92. The maximum absolute atomic E-state index is 12.4. The fraction of sp³-hybridized carbons (Fsp3) is 0.938. The third-order valence-corrected chi connectivity index (χ3v) is 5.16. The number of likely N-dealkylation sites (tertiary alicyclic amines) is 1. The van der Waals surface area contributed by atoms with E-state index in [2.05, 4.69) is 11.9 Å². The second kappa shape index (κ2) is 7.07. The molecule has 0 bridgehead atoms. The number of carbonyl (C=O) groups excluding carboxylic acids is 1. The maximum atomic E-state index is 12.4. The van der Waals surface area contributed by atoms with Crippen molar-refractivity contribution in [2.45, 2.75) is 62.7 Å². The Morgan fingerprint density at radius 1 is 1.38 bits per heavy atom. The molecule has 1 saturated heterocycles. The largest absolute Gasteiger partial charge is 0.389 e. The van der Waals surface area contributed by atoms with Crippen molar-refractivity contribution in [2.24, 2.45) is 0 Å². The summed E-state index contributed by atoms with van der Waals surface area (Å²) in [6, 6.07) is 0.352. The minimum atomic E-state index is -0.764. The van der Waals surface area contributed by atoms with Gasteiger partial charge in [-0.25, -0.2) is 0 Å². The van der Waals surface area contributed by atoms with Crippen LogP contribution < -0.4 is 0 Å². The Kier molecular flexibility index (Phi) is 5.63. The molecule has 1 N–H and O–H groups in total. The molecule has 5 nitrogen and oxygen atoms in total. The number of aliphatic hydroxyl groups is 1. The first-order chi connectivity index (χ1) is 9.93. The maximum Gasteiger partial charge on any atom is 0.225 e. The molecule has 0 spiro atoms. The highest BCUT2D eigenvalue weighted by molar-refractivity contribution is 5.77. The summed E-state index contributed by atoms with van der Waals surface area (Å²) in [5, 5.41) is 10.5. The van der Waals surface area contributed by atoms with E-state index in [1.165, 1.54) is 6.42 Å². The number of nitrogens with zero attached hydrogens (tertiary/aromatic N) is 2. The lowest BCUT2D eigenvalue weighted by Crippen LogP contribution is -2.43. The van der Waals surface area contributed by atoms with E-state index in [0.29, 0.717) is 12.6 Å².